The second-order valence-corrected chi connectivity index (χ2v) is 5.03. The van der Waals surface area contributed by atoms with E-state index in [2.05, 4.69) is 5.32 Å². The van der Waals surface area contributed by atoms with Crippen LogP contribution >= 0.6 is 0 Å². The molecule has 1 aliphatic rings. The number of nitrogens with one attached hydrogen (secondary N) is 1. The highest BCUT2D eigenvalue weighted by atomic mass is 19.4. The van der Waals surface area contributed by atoms with Gasteiger partial charge in [0.25, 0.3) is 0 Å². The van der Waals surface area contributed by atoms with E-state index in [9.17, 15) is 22.8 Å². The van der Waals surface area contributed by atoms with E-state index in [0.29, 0.717) is 11.3 Å². The van der Waals surface area contributed by atoms with Gasteiger partial charge >= 0.3 is 18.2 Å². The number of aliphatic carboxylic acids is 1. The van der Waals surface area contributed by atoms with Crippen LogP contribution in [0.15, 0.2) is 0 Å². The van der Waals surface area contributed by atoms with E-state index in [1.54, 1.807) is 6.92 Å². The first kappa shape index (κ1) is 16.6. The lowest BCUT2D eigenvalue weighted by atomic mass is 10.1. The van der Waals surface area contributed by atoms with Crippen LogP contribution in [0.25, 0.3) is 0 Å². The Labute approximate surface area is 115 Å². The van der Waals surface area contributed by atoms with Crippen LogP contribution in [-0.4, -0.2) is 47.3 Å². The summed E-state index contributed by atoms with van der Waals surface area (Å²) in [5, 5.41) is 11.2. The molecule has 1 aliphatic carbocycles. The summed E-state index contributed by atoms with van der Waals surface area (Å²) in [7, 11) is 0. The molecule has 2 amide bonds. The van der Waals surface area contributed by atoms with Crippen molar-refractivity contribution in [1.82, 2.24) is 10.2 Å². The predicted octanol–water partition coefficient (Wildman–Crippen LogP) is 2.22. The fraction of sp³-hybridized carbons (Fsp3) is 0.833. The Balaban J connectivity index is 2.60. The third kappa shape index (κ3) is 6.12. The van der Waals surface area contributed by atoms with Crippen molar-refractivity contribution in [3.8, 4) is 0 Å². The van der Waals surface area contributed by atoms with Crippen LogP contribution < -0.4 is 5.32 Å². The molecule has 5 nitrogen and oxygen atoms in total. The molecule has 0 aromatic heterocycles. The van der Waals surface area contributed by atoms with Crippen LogP contribution in [0.4, 0.5) is 18.0 Å². The molecule has 0 spiro atoms. The predicted molar refractivity (Wildman–Crippen MR) is 65.2 cm³/mol. The number of amides is 2. The maximum atomic E-state index is 12.4. The summed E-state index contributed by atoms with van der Waals surface area (Å²) in [6.45, 7) is 0.333. The van der Waals surface area contributed by atoms with Crippen LogP contribution in [0.3, 0.4) is 0 Å². The summed E-state index contributed by atoms with van der Waals surface area (Å²) in [6.07, 6.45) is -2.73. The lowest BCUT2D eigenvalue weighted by molar-refractivity contribution is -0.141. The van der Waals surface area contributed by atoms with Crippen molar-refractivity contribution >= 4 is 12.0 Å². The highest BCUT2D eigenvalue weighted by Crippen LogP contribution is 2.34. The van der Waals surface area contributed by atoms with Gasteiger partial charge in [-0.25, -0.2) is 4.79 Å². The molecule has 0 aliphatic heterocycles. The molecule has 1 unspecified atom stereocenters. The van der Waals surface area contributed by atoms with Crippen molar-refractivity contribution < 1.29 is 27.9 Å². The zero-order valence-electron chi connectivity index (χ0n) is 11.2. The van der Waals surface area contributed by atoms with Gasteiger partial charge in [-0.1, -0.05) is 6.92 Å². The summed E-state index contributed by atoms with van der Waals surface area (Å²) in [5.41, 5.74) is 0. The summed E-state index contributed by atoms with van der Waals surface area (Å²) < 4.78 is 37.2. The van der Waals surface area contributed by atoms with Gasteiger partial charge in [0, 0.05) is 12.6 Å². The Morgan fingerprint density at radius 2 is 2.00 bits per heavy atom. The third-order valence-electron chi connectivity index (χ3n) is 3.05. The number of carbonyl (C=O) groups excluding carboxylic acids is 1. The van der Waals surface area contributed by atoms with Gasteiger partial charge in [0.15, 0.2) is 0 Å². The zero-order valence-corrected chi connectivity index (χ0v) is 11.2. The first-order chi connectivity index (χ1) is 9.23. The Morgan fingerprint density at radius 1 is 1.40 bits per heavy atom. The van der Waals surface area contributed by atoms with E-state index < -0.39 is 30.8 Å². The van der Waals surface area contributed by atoms with E-state index in [-0.39, 0.29) is 18.9 Å². The maximum absolute atomic E-state index is 12.4. The molecule has 8 heteroatoms. The van der Waals surface area contributed by atoms with Gasteiger partial charge < -0.3 is 15.3 Å². The zero-order chi connectivity index (χ0) is 15.3. The standard InChI is InChI=1S/C12H19F3N2O3/c1-2-5-17(7-12(13,14)15)11(20)16-9(6-10(18)19)8-3-4-8/h8-9H,2-7H2,1H3,(H,16,20)(H,18,19). The van der Waals surface area contributed by atoms with Gasteiger partial charge in [0.2, 0.25) is 0 Å². The molecule has 0 bridgehead atoms. The topological polar surface area (TPSA) is 69.6 Å². The Hall–Kier alpha value is -1.47. The molecule has 1 fully saturated rings. The number of rotatable bonds is 7. The fourth-order valence-corrected chi connectivity index (χ4v) is 2.01. The summed E-state index contributed by atoms with van der Waals surface area (Å²) in [6, 6.07) is -1.44. The van der Waals surface area contributed by atoms with E-state index in [0.717, 1.165) is 12.8 Å². The highest BCUT2D eigenvalue weighted by molar-refractivity contribution is 5.76. The summed E-state index contributed by atoms with van der Waals surface area (Å²) in [5.74, 6) is -1.01. The maximum Gasteiger partial charge on any atom is 0.406 e. The van der Waals surface area contributed by atoms with Crippen molar-refractivity contribution in [3.63, 3.8) is 0 Å². The molecule has 116 valence electrons. The second kappa shape index (κ2) is 6.81. The quantitative estimate of drug-likeness (QED) is 0.757. The SMILES string of the molecule is CCCN(CC(F)(F)F)C(=O)NC(CC(=O)O)C1CC1. The number of carboxylic acids is 1. The van der Waals surface area contributed by atoms with Gasteiger partial charge in [-0.2, -0.15) is 13.2 Å². The van der Waals surface area contributed by atoms with Gasteiger partial charge in [0.05, 0.1) is 6.42 Å². The minimum Gasteiger partial charge on any atom is -0.481 e. The molecule has 1 rings (SSSR count). The van der Waals surface area contributed by atoms with Crippen LogP contribution in [0.2, 0.25) is 0 Å². The molecule has 0 saturated heterocycles. The number of alkyl halides is 3. The van der Waals surface area contributed by atoms with Crippen molar-refractivity contribution in [2.45, 2.75) is 44.8 Å². The van der Waals surface area contributed by atoms with E-state index in [4.69, 9.17) is 5.11 Å². The Kier molecular flexibility index (Phi) is 5.64. The molecule has 0 aromatic carbocycles. The number of halogens is 3. The molecule has 2 N–H and O–H groups in total. The fourth-order valence-electron chi connectivity index (χ4n) is 2.01. The largest absolute Gasteiger partial charge is 0.481 e. The normalized spacial score (nSPS) is 16.6. The van der Waals surface area contributed by atoms with Gasteiger partial charge in [0.1, 0.15) is 6.54 Å². The van der Waals surface area contributed by atoms with Gasteiger partial charge in [-0.05, 0) is 25.2 Å². The second-order valence-electron chi connectivity index (χ2n) is 5.03. The molecule has 20 heavy (non-hydrogen) atoms. The molecule has 0 radical (unpaired) electrons. The highest BCUT2D eigenvalue weighted by Gasteiger charge is 2.37. The molecular weight excluding hydrogens is 277 g/mol. The van der Waals surface area contributed by atoms with Gasteiger partial charge in [-0.3, -0.25) is 4.79 Å². The monoisotopic (exact) mass is 296 g/mol. The number of hydrogen-bond acceptors (Lipinski definition) is 2. The van der Waals surface area contributed by atoms with E-state index in [1.807, 2.05) is 0 Å². The first-order valence-electron chi connectivity index (χ1n) is 6.57. The van der Waals surface area contributed by atoms with Crippen molar-refractivity contribution in [2.24, 2.45) is 5.92 Å². The number of nitrogens with zero attached hydrogens (tertiary/aromatic N) is 1. The average molecular weight is 296 g/mol. The number of carboxylic acid groups (broad SMARTS) is 1. The third-order valence-corrected chi connectivity index (χ3v) is 3.05. The first-order valence-corrected chi connectivity index (χ1v) is 6.57. The van der Waals surface area contributed by atoms with E-state index in [1.165, 1.54) is 0 Å². The van der Waals surface area contributed by atoms with E-state index >= 15 is 0 Å². The Bertz CT molecular complexity index is 356. The molecule has 1 atom stereocenters. The molecular formula is C12H19F3N2O3. The Morgan fingerprint density at radius 3 is 2.40 bits per heavy atom. The minimum absolute atomic E-state index is 0.0181. The van der Waals surface area contributed by atoms with Crippen molar-refractivity contribution in [3.05, 3.63) is 0 Å². The van der Waals surface area contributed by atoms with Crippen molar-refractivity contribution in [1.29, 1.82) is 0 Å². The summed E-state index contributed by atoms with van der Waals surface area (Å²) >= 11 is 0. The van der Waals surface area contributed by atoms with Crippen LogP contribution in [0.5, 0.6) is 0 Å². The van der Waals surface area contributed by atoms with Crippen LogP contribution in [0.1, 0.15) is 32.6 Å². The summed E-state index contributed by atoms with van der Waals surface area (Å²) in [4.78, 5) is 23.2. The average Bonchev–Trinajstić information content (AvgIpc) is 3.08. The molecule has 0 heterocycles. The lowest BCUT2D eigenvalue weighted by Gasteiger charge is -2.26. The number of urea groups is 1. The lowest BCUT2D eigenvalue weighted by Crippen LogP contribution is -2.49. The number of hydrogen-bond donors (Lipinski definition) is 2. The van der Waals surface area contributed by atoms with Crippen LogP contribution in [-0.2, 0) is 4.79 Å². The molecule has 0 aromatic rings. The van der Waals surface area contributed by atoms with Crippen molar-refractivity contribution in [2.75, 3.05) is 13.1 Å². The molecule has 1 saturated carbocycles. The smallest absolute Gasteiger partial charge is 0.406 e. The van der Waals surface area contributed by atoms with Crippen LogP contribution in [0, 0.1) is 5.92 Å². The number of carbonyl (C=O) groups is 2. The minimum atomic E-state index is -4.46. The van der Waals surface area contributed by atoms with Gasteiger partial charge in [-0.15, -0.1) is 0 Å².